The van der Waals surface area contributed by atoms with Crippen molar-refractivity contribution < 1.29 is 4.79 Å². The van der Waals surface area contributed by atoms with Crippen molar-refractivity contribution in [1.29, 1.82) is 0 Å². The summed E-state index contributed by atoms with van der Waals surface area (Å²) in [5.41, 5.74) is 2.98. The molecular weight excluding hydrogens is 414 g/mol. The fraction of sp³-hybridized carbons (Fsp3) is 0.719. The Hall–Kier alpha value is -1.57. The molecule has 3 aliphatic carbocycles. The van der Waals surface area contributed by atoms with E-state index in [4.69, 9.17) is 0 Å². The summed E-state index contributed by atoms with van der Waals surface area (Å²) in [5.74, 6) is 3.06. The number of rotatable bonds is 8. The molecule has 0 heterocycles. The van der Waals surface area contributed by atoms with Gasteiger partial charge in [-0.3, -0.25) is 4.79 Å². The fourth-order valence-corrected chi connectivity index (χ4v) is 7.99. The first-order valence-corrected chi connectivity index (χ1v) is 14.3. The Balaban J connectivity index is 1.55. The maximum absolute atomic E-state index is 14.1. The van der Waals surface area contributed by atoms with Crippen LogP contribution in [0.15, 0.2) is 42.0 Å². The van der Waals surface area contributed by atoms with Gasteiger partial charge in [0.15, 0.2) is 0 Å². The van der Waals surface area contributed by atoms with Crippen LogP contribution >= 0.6 is 0 Å². The second kappa shape index (κ2) is 10.6. The normalized spacial score (nSPS) is 34.1. The molecule has 3 unspecified atom stereocenters. The van der Waals surface area contributed by atoms with Gasteiger partial charge in [-0.1, -0.05) is 102 Å². The predicted octanol–water partition coefficient (Wildman–Crippen LogP) is 8.64. The second-order valence-electron chi connectivity index (χ2n) is 12.6. The zero-order chi connectivity index (χ0) is 24.3. The summed E-state index contributed by atoms with van der Waals surface area (Å²) in [7, 11) is 0. The van der Waals surface area contributed by atoms with Gasteiger partial charge >= 0.3 is 0 Å². The quantitative estimate of drug-likeness (QED) is 0.303. The molecule has 4 rings (SSSR count). The summed E-state index contributed by atoms with van der Waals surface area (Å²) in [6, 6.07) is 10.8. The van der Waals surface area contributed by atoms with Crippen LogP contribution in [0.3, 0.4) is 0 Å². The maximum atomic E-state index is 14.1. The standard InChI is InChI=1S/C32H49NO/c1-6-7-9-15-28(24-13-10-8-11-14-24)33-30(34)32(5)21-12-20-31(4)27-18-16-25(23(2)3)22-26(27)17-19-29(31)32/h8,10-11,13-14,17,23,25,27-29H,6-7,9,12,15-16,18-22H2,1-5H3,(H,33,34)/t25?,27-,28?,29?,31+,32+/m0/s1. The number of unbranched alkanes of at least 4 members (excludes halogenated alkanes) is 2. The molecule has 2 saturated carbocycles. The van der Waals surface area contributed by atoms with E-state index in [2.05, 4.69) is 76.3 Å². The molecule has 34 heavy (non-hydrogen) atoms. The van der Waals surface area contributed by atoms with Crippen molar-refractivity contribution in [3.8, 4) is 0 Å². The van der Waals surface area contributed by atoms with Gasteiger partial charge in [-0.15, -0.1) is 0 Å². The Morgan fingerprint density at radius 1 is 1.09 bits per heavy atom. The number of hydrogen-bond acceptors (Lipinski definition) is 1. The van der Waals surface area contributed by atoms with Gasteiger partial charge in [0.25, 0.3) is 0 Å². The SMILES string of the molecule is CCCCCC(NC(=O)[C@]1(C)CCC[C@@]2(C)C1CC=C1CC(C(C)C)CC[C@@H]12)c1ccccc1. The van der Waals surface area contributed by atoms with Crippen LogP contribution < -0.4 is 5.32 Å². The average Bonchev–Trinajstić information content (AvgIpc) is 2.83. The van der Waals surface area contributed by atoms with Gasteiger partial charge in [-0.05, 0) is 79.6 Å². The molecule has 0 saturated heterocycles. The molecule has 0 aliphatic heterocycles. The molecule has 1 N–H and O–H groups in total. The van der Waals surface area contributed by atoms with E-state index in [-0.39, 0.29) is 16.9 Å². The van der Waals surface area contributed by atoms with Gasteiger partial charge in [0.05, 0.1) is 11.5 Å². The zero-order valence-electron chi connectivity index (χ0n) is 22.5. The Morgan fingerprint density at radius 3 is 2.56 bits per heavy atom. The van der Waals surface area contributed by atoms with Crippen LogP contribution in [0.5, 0.6) is 0 Å². The van der Waals surface area contributed by atoms with E-state index in [1.807, 2.05) is 0 Å². The summed E-state index contributed by atoms with van der Waals surface area (Å²) in [6.45, 7) is 11.9. The number of allylic oxidation sites excluding steroid dienone is 2. The van der Waals surface area contributed by atoms with Crippen LogP contribution in [0, 0.1) is 34.5 Å². The Morgan fingerprint density at radius 2 is 1.85 bits per heavy atom. The lowest BCUT2D eigenvalue weighted by Crippen LogP contribution is -2.56. The van der Waals surface area contributed by atoms with Crippen LogP contribution in [-0.4, -0.2) is 5.91 Å². The van der Waals surface area contributed by atoms with E-state index in [1.54, 1.807) is 5.57 Å². The number of carbonyl (C=O) groups is 1. The van der Waals surface area contributed by atoms with E-state index in [1.165, 1.54) is 56.9 Å². The van der Waals surface area contributed by atoms with Crippen LogP contribution in [-0.2, 0) is 4.79 Å². The van der Waals surface area contributed by atoms with Crippen molar-refractivity contribution in [3.05, 3.63) is 47.5 Å². The van der Waals surface area contributed by atoms with E-state index in [0.717, 1.165) is 31.1 Å². The largest absolute Gasteiger partial charge is 0.349 e. The maximum Gasteiger partial charge on any atom is 0.226 e. The van der Waals surface area contributed by atoms with Gasteiger partial charge < -0.3 is 5.32 Å². The summed E-state index contributed by atoms with van der Waals surface area (Å²) in [4.78, 5) is 14.1. The molecule has 188 valence electrons. The number of nitrogens with one attached hydrogen (secondary N) is 1. The van der Waals surface area contributed by atoms with Crippen LogP contribution in [0.1, 0.15) is 117 Å². The minimum atomic E-state index is -0.276. The highest BCUT2D eigenvalue weighted by atomic mass is 16.2. The van der Waals surface area contributed by atoms with Gasteiger partial charge in [0, 0.05) is 0 Å². The van der Waals surface area contributed by atoms with Crippen molar-refractivity contribution in [1.82, 2.24) is 5.32 Å². The highest BCUT2D eigenvalue weighted by molar-refractivity contribution is 5.83. The third-order valence-corrected chi connectivity index (χ3v) is 10.2. The molecule has 0 spiro atoms. The highest BCUT2D eigenvalue weighted by Gasteiger charge is 2.57. The monoisotopic (exact) mass is 463 g/mol. The minimum Gasteiger partial charge on any atom is -0.349 e. The van der Waals surface area contributed by atoms with Gasteiger partial charge in [-0.2, -0.15) is 0 Å². The number of amides is 1. The molecule has 0 bridgehead atoms. The molecule has 2 fully saturated rings. The first kappa shape index (κ1) is 25.5. The summed E-state index contributed by atoms with van der Waals surface area (Å²) >= 11 is 0. The first-order valence-electron chi connectivity index (χ1n) is 14.3. The van der Waals surface area contributed by atoms with Crippen molar-refractivity contribution in [2.75, 3.05) is 0 Å². The fourth-order valence-electron chi connectivity index (χ4n) is 7.99. The Bertz CT molecular complexity index is 857. The van der Waals surface area contributed by atoms with Crippen molar-refractivity contribution in [2.24, 2.45) is 34.5 Å². The van der Waals surface area contributed by atoms with Gasteiger partial charge in [0.2, 0.25) is 5.91 Å². The third-order valence-electron chi connectivity index (χ3n) is 10.2. The van der Waals surface area contributed by atoms with E-state index in [9.17, 15) is 4.79 Å². The molecule has 1 aromatic carbocycles. The van der Waals surface area contributed by atoms with Crippen molar-refractivity contribution in [3.63, 3.8) is 0 Å². The second-order valence-corrected chi connectivity index (χ2v) is 12.6. The molecule has 3 aliphatic rings. The third kappa shape index (κ3) is 4.89. The number of carbonyl (C=O) groups excluding carboxylic acids is 1. The van der Waals surface area contributed by atoms with Crippen molar-refractivity contribution >= 4 is 5.91 Å². The van der Waals surface area contributed by atoms with Crippen LogP contribution in [0.4, 0.5) is 0 Å². The predicted molar refractivity (Wildman–Crippen MR) is 143 cm³/mol. The molecule has 0 aromatic heterocycles. The lowest BCUT2D eigenvalue weighted by molar-refractivity contribution is -0.145. The smallest absolute Gasteiger partial charge is 0.226 e. The minimum absolute atomic E-state index is 0.126. The molecule has 6 atom stereocenters. The molecule has 0 radical (unpaired) electrons. The van der Waals surface area contributed by atoms with Gasteiger partial charge in [0.1, 0.15) is 0 Å². The summed E-state index contributed by atoms with van der Waals surface area (Å²) in [5, 5.41) is 3.59. The summed E-state index contributed by atoms with van der Waals surface area (Å²) in [6.07, 6.45) is 15.8. The molecule has 2 heteroatoms. The number of benzene rings is 1. The first-order chi connectivity index (χ1) is 16.3. The van der Waals surface area contributed by atoms with E-state index >= 15 is 0 Å². The lowest BCUT2D eigenvalue weighted by atomic mass is 9.46. The average molecular weight is 464 g/mol. The Kier molecular flexibility index (Phi) is 7.95. The number of hydrogen-bond donors (Lipinski definition) is 1. The van der Waals surface area contributed by atoms with Crippen molar-refractivity contribution in [2.45, 2.75) is 111 Å². The topological polar surface area (TPSA) is 29.1 Å². The van der Waals surface area contributed by atoms with Gasteiger partial charge in [-0.25, -0.2) is 0 Å². The van der Waals surface area contributed by atoms with Crippen LogP contribution in [0.2, 0.25) is 0 Å². The molecule has 2 nitrogen and oxygen atoms in total. The van der Waals surface area contributed by atoms with E-state index < -0.39 is 0 Å². The molecule has 1 amide bonds. The van der Waals surface area contributed by atoms with E-state index in [0.29, 0.717) is 17.7 Å². The number of fused-ring (bicyclic) bond motifs is 3. The Labute approximate surface area is 209 Å². The highest BCUT2D eigenvalue weighted by Crippen LogP contribution is 2.63. The molecule has 1 aromatic rings. The summed E-state index contributed by atoms with van der Waals surface area (Å²) < 4.78 is 0. The molecular formula is C32H49NO. The zero-order valence-corrected chi connectivity index (χ0v) is 22.5. The van der Waals surface area contributed by atoms with Crippen LogP contribution in [0.25, 0.3) is 0 Å². The lowest BCUT2D eigenvalue weighted by Gasteiger charge is -2.58.